The monoisotopic (exact) mass is 716 g/mol. The van der Waals surface area contributed by atoms with E-state index in [9.17, 15) is 24.0 Å². The molecular formula is C34H37BrN8O5. The van der Waals surface area contributed by atoms with Gasteiger partial charge < -0.3 is 19.7 Å². The highest BCUT2D eigenvalue weighted by Crippen LogP contribution is 2.38. The Hall–Kier alpha value is -4.56. The van der Waals surface area contributed by atoms with Crippen molar-refractivity contribution in [2.75, 3.05) is 41.3 Å². The lowest BCUT2D eigenvalue weighted by molar-refractivity contribution is -0.136. The molecule has 6 heterocycles. The Labute approximate surface area is 286 Å². The zero-order chi connectivity index (χ0) is 33.7. The Morgan fingerprint density at radius 2 is 1.79 bits per heavy atom. The van der Waals surface area contributed by atoms with Gasteiger partial charge in [-0.25, -0.2) is 4.98 Å². The first-order valence-corrected chi connectivity index (χ1v) is 17.1. The Kier molecular flexibility index (Phi) is 8.54. The smallest absolute Gasteiger partial charge is 0.274 e. The van der Waals surface area contributed by atoms with Crippen LogP contribution in [0.5, 0.6) is 0 Å². The number of fused-ring (bicyclic) bond motifs is 1. The summed E-state index contributed by atoms with van der Waals surface area (Å²) in [6.07, 6.45) is 6.73. The van der Waals surface area contributed by atoms with Crippen LogP contribution >= 0.6 is 15.9 Å². The van der Waals surface area contributed by atoms with Crippen LogP contribution in [-0.2, 0) is 16.6 Å². The molecule has 4 aliphatic heterocycles. The van der Waals surface area contributed by atoms with E-state index in [0.29, 0.717) is 28.3 Å². The summed E-state index contributed by atoms with van der Waals surface area (Å²) in [5, 5.41) is 5.40. The highest BCUT2D eigenvalue weighted by Gasteiger charge is 2.47. The molecule has 3 fully saturated rings. The second kappa shape index (κ2) is 12.8. The normalized spacial score (nSPS) is 23.4. The highest BCUT2D eigenvalue weighted by molar-refractivity contribution is 9.10. The lowest BCUT2D eigenvalue weighted by atomic mass is 10.00. The zero-order valence-corrected chi connectivity index (χ0v) is 28.4. The first-order valence-electron chi connectivity index (χ1n) is 16.3. The van der Waals surface area contributed by atoms with Gasteiger partial charge in [0.25, 0.3) is 17.4 Å². The van der Waals surface area contributed by atoms with Gasteiger partial charge in [0.05, 0.1) is 34.9 Å². The maximum atomic E-state index is 13.9. The van der Waals surface area contributed by atoms with Crippen LogP contribution < -0.4 is 26.0 Å². The number of benzene rings is 1. The van der Waals surface area contributed by atoms with Crippen LogP contribution in [0.3, 0.4) is 0 Å². The molecule has 4 aliphatic rings. The maximum Gasteiger partial charge on any atom is 0.274 e. The van der Waals surface area contributed by atoms with Crippen molar-refractivity contribution in [2.45, 2.75) is 57.3 Å². The summed E-state index contributed by atoms with van der Waals surface area (Å²) in [5.41, 5.74) is 2.64. The predicted octanol–water partition coefficient (Wildman–Crippen LogP) is 3.21. The molecule has 4 amide bonds. The summed E-state index contributed by atoms with van der Waals surface area (Å²) >= 11 is 3.43. The minimum Gasteiger partial charge on any atom is -0.365 e. The van der Waals surface area contributed by atoms with Crippen LogP contribution in [0.1, 0.15) is 59.7 Å². The number of aryl methyl sites for hydroxylation is 1. The number of piperazine rings is 1. The highest BCUT2D eigenvalue weighted by atomic mass is 79.9. The molecule has 14 heteroatoms. The fourth-order valence-corrected chi connectivity index (χ4v) is 8.02. The van der Waals surface area contributed by atoms with Gasteiger partial charge in [0.15, 0.2) is 0 Å². The number of carbonyl (C=O) groups excluding carboxylic acids is 4. The molecule has 13 nitrogen and oxygen atoms in total. The van der Waals surface area contributed by atoms with E-state index in [4.69, 9.17) is 0 Å². The van der Waals surface area contributed by atoms with Crippen LogP contribution in [0, 0.1) is 0 Å². The Morgan fingerprint density at radius 3 is 2.54 bits per heavy atom. The van der Waals surface area contributed by atoms with Crippen molar-refractivity contribution in [3.63, 3.8) is 0 Å². The Bertz CT molecular complexity index is 1860. The summed E-state index contributed by atoms with van der Waals surface area (Å²) in [5.74, 6) is -1.39. The number of nitrogens with one attached hydrogen (secondary N) is 2. The molecule has 0 spiro atoms. The standard InChI is InChI=1S/C34H37BrN8O5/c1-20-18-40(14-15-41(20)22-9-11-27(36-17-22)37-24-16-21(35)19-39(2)33(24)47)29-8-3-4-13-42(29)25-7-5-6-23-30(25)34(48)43(32(23)46)26-10-12-28(44)38-31(26)45/h5-7,9,11,16-17,19-20,26,29H,3-4,8,10,12-15,18H2,1-2H3,(H,36,37)(H,38,44,45)/t20-,26?,29?/m0/s1. The van der Waals surface area contributed by atoms with Crippen molar-refractivity contribution < 1.29 is 19.2 Å². The van der Waals surface area contributed by atoms with E-state index >= 15 is 0 Å². The molecule has 250 valence electrons. The SMILES string of the molecule is C[C@H]1CN(C2CCCCN2c2cccc3c2C(=O)N(C2CCC(=O)NC2=O)C3=O)CCN1c1ccc(Nc2cc(Br)cn(C)c2=O)nc1. The van der Waals surface area contributed by atoms with E-state index in [1.165, 1.54) is 4.57 Å². The summed E-state index contributed by atoms with van der Waals surface area (Å²) in [4.78, 5) is 77.0. The van der Waals surface area contributed by atoms with Gasteiger partial charge in [-0.05, 0) is 78.9 Å². The fraction of sp³-hybridized carbons (Fsp3) is 0.412. The molecule has 0 saturated carbocycles. The number of amides is 4. The van der Waals surface area contributed by atoms with Crippen LogP contribution in [0.2, 0.25) is 0 Å². The summed E-state index contributed by atoms with van der Waals surface area (Å²) in [6, 6.07) is 10.2. The van der Waals surface area contributed by atoms with E-state index in [1.54, 1.807) is 31.4 Å². The number of rotatable bonds is 6. The third-order valence-corrected chi connectivity index (χ3v) is 10.2. The third-order valence-electron chi connectivity index (χ3n) is 9.80. The molecule has 2 unspecified atom stereocenters. The Morgan fingerprint density at radius 1 is 0.958 bits per heavy atom. The molecule has 0 radical (unpaired) electrons. The number of hydrogen-bond donors (Lipinski definition) is 2. The predicted molar refractivity (Wildman–Crippen MR) is 183 cm³/mol. The maximum absolute atomic E-state index is 13.9. The fourth-order valence-electron chi connectivity index (χ4n) is 7.48. The molecule has 3 saturated heterocycles. The average Bonchev–Trinajstić information content (AvgIpc) is 3.33. The number of aromatic nitrogens is 2. The Balaban J connectivity index is 1.07. The number of pyridine rings is 2. The van der Waals surface area contributed by atoms with Crippen LogP contribution in [0.15, 0.2) is 58.1 Å². The van der Waals surface area contributed by atoms with Gasteiger partial charge in [-0.15, -0.1) is 0 Å². The van der Waals surface area contributed by atoms with Gasteiger partial charge >= 0.3 is 0 Å². The minimum atomic E-state index is -0.999. The summed E-state index contributed by atoms with van der Waals surface area (Å²) in [6.45, 7) is 5.30. The van der Waals surface area contributed by atoms with Gasteiger partial charge in [0.2, 0.25) is 11.8 Å². The van der Waals surface area contributed by atoms with Crippen LogP contribution in [-0.4, -0.2) is 87.4 Å². The number of hydrogen-bond acceptors (Lipinski definition) is 10. The van der Waals surface area contributed by atoms with Crippen molar-refractivity contribution in [2.24, 2.45) is 7.05 Å². The van der Waals surface area contributed by atoms with Gasteiger partial charge in [-0.1, -0.05) is 6.07 Å². The van der Waals surface area contributed by atoms with Crippen molar-refractivity contribution >= 4 is 62.4 Å². The first kappa shape index (κ1) is 32.0. The molecule has 7 rings (SSSR count). The first-order chi connectivity index (χ1) is 23.1. The number of halogens is 1. The second-order valence-electron chi connectivity index (χ2n) is 12.9. The number of imide groups is 2. The van der Waals surface area contributed by atoms with Crippen LogP contribution in [0.25, 0.3) is 0 Å². The second-order valence-corrected chi connectivity index (χ2v) is 13.8. The largest absolute Gasteiger partial charge is 0.365 e. The molecule has 48 heavy (non-hydrogen) atoms. The average molecular weight is 718 g/mol. The van der Waals surface area contributed by atoms with E-state index in [1.807, 2.05) is 24.4 Å². The molecule has 2 N–H and O–H groups in total. The number of carbonyl (C=O) groups is 4. The lowest BCUT2D eigenvalue weighted by Gasteiger charge is -2.49. The van der Waals surface area contributed by atoms with Crippen LogP contribution in [0.4, 0.5) is 22.9 Å². The van der Waals surface area contributed by atoms with Gasteiger partial charge in [-0.3, -0.25) is 39.1 Å². The molecule has 3 atom stereocenters. The molecule has 3 aromatic rings. The van der Waals surface area contributed by atoms with Crippen molar-refractivity contribution in [3.05, 3.63) is 74.7 Å². The van der Waals surface area contributed by atoms with Crippen molar-refractivity contribution in [1.29, 1.82) is 0 Å². The van der Waals surface area contributed by atoms with Crippen molar-refractivity contribution in [3.8, 4) is 0 Å². The topological polar surface area (TPSA) is 140 Å². The summed E-state index contributed by atoms with van der Waals surface area (Å²) in [7, 11) is 1.70. The number of anilines is 4. The lowest BCUT2D eigenvalue weighted by Crippen LogP contribution is -2.60. The van der Waals surface area contributed by atoms with Gasteiger partial charge in [-0.2, -0.15) is 0 Å². The quantitative estimate of drug-likeness (QED) is 0.366. The molecular weight excluding hydrogens is 680 g/mol. The van der Waals surface area contributed by atoms with E-state index in [0.717, 1.165) is 60.5 Å². The third kappa shape index (κ3) is 5.76. The number of nitrogens with zero attached hydrogens (tertiary/aromatic N) is 6. The van der Waals surface area contributed by atoms with Gasteiger partial charge in [0.1, 0.15) is 17.5 Å². The van der Waals surface area contributed by atoms with Gasteiger partial charge in [0, 0.05) is 56.4 Å². The van der Waals surface area contributed by atoms with E-state index in [2.05, 4.69) is 53.2 Å². The molecule has 0 bridgehead atoms. The molecule has 2 aromatic heterocycles. The van der Waals surface area contributed by atoms with Crippen molar-refractivity contribution in [1.82, 2.24) is 24.7 Å². The van der Waals surface area contributed by atoms with E-state index in [-0.39, 0.29) is 30.6 Å². The molecule has 0 aliphatic carbocycles. The minimum absolute atomic E-state index is 0.0416. The number of piperidine rings is 2. The van der Waals surface area contributed by atoms with E-state index < -0.39 is 29.7 Å². The summed E-state index contributed by atoms with van der Waals surface area (Å²) < 4.78 is 2.30. The molecule has 1 aromatic carbocycles. The zero-order valence-electron chi connectivity index (χ0n) is 26.8.